The number of ether oxygens (including phenoxy) is 1. The van der Waals surface area contributed by atoms with Crippen LogP contribution >= 0.6 is 22.6 Å². The molecule has 1 atom stereocenters. The summed E-state index contributed by atoms with van der Waals surface area (Å²) in [5.74, 6) is 1.56. The fourth-order valence-electron chi connectivity index (χ4n) is 2.00. The molecule has 5 heteroatoms. The van der Waals surface area contributed by atoms with E-state index in [-0.39, 0.29) is 6.10 Å². The molecule has 1 heterocycles. The van der Waals surface area contributed by atoms with E-state index in [0.29, 0.717) is 5.82 Å². The van der Waals surface area contributed by atoms with Crippen LogP contribution in [0.4, 0.5) is 5.82 Å². The normalized spacial score (nSPS) is 12.2. The number of methoxy groups -OCH3 is 1. The summed E-state index contributed by atoms with van der Waals surface area (Å²) in [5, 5.41) is 3.27. The number of hydrogen-bond acceptors (Lipinski definition) is 4. The minimum Gasteiger partial charge on any atom is -0.369 e. The molecule has 0 aliphatic carbocycles. The molecule has 2 aromatic rings. The summed E-state index contributed by atoms with van der Waals surface area (Å²) in [7, 11) is 1.68. The van der Waals surface area contributed by atoms with Gasteiger partial charge in [-0.15, -0.1) is 0 Å². The lowest BCUT2D eigenvalue weighted by Gasteiger charge is -2.17. The highest BCUT2D eigenvalue weighted by atomic mass is 127. The summed E-state index contributed by atoms with van der Waals surface area (Å²) in [6.07, 6.45) is -0.246. The van der Waals surface area contributed by atoms with Crippen molar-refractivity contribution in [2.45, 2.75) is 20.0 Å². The fourth-order valence-corrected chi connectivity index (χ4v) is 2.43. The van der Waals surface area contributed by atoms with Crippen LogP contribution in [0.1, 0.15) is 30.1 Å². The number of rotatable bonds is 5. The molecule has 0 fully saturated rings. The zero-order valence-corrected chi connectivity index (χ0v) is 14.0. The molecule has 4 nitrogen and oxygen atoms in total. The van der Waals surface area contributed by atoms with Crippen molar-refractivity contribution >= 4 is 28.4 Å². The van der Waals surface area contributed by atoms with Gasteiger partial charge in [-0.2, -0.15) is 0 Å². The Morgan fingerprint density at radius 2 is 1.95 bits per heavy atom. The number of aryl methyl sites for hydroxylation is 1. The van der Waals surface area contributed by atoms with Crippen molar-refractivity contribution in [3.8, 4) is 0 Å². The number of nitrogens with one attached hydrogen (secondary N) is 1. The van der Waals surface area contributed by atoms with Crippen LogP contribution in [0.15, 0.2) is 30.3 Å². The van der Waals surface area contributed by atoms with E-state index in [1.54, 1.807) is 7.11 Å². The van der Waals surface area contributed by atoms with Crippen LogP contribution in [-0.4, -0.2) is 23.6 Å². The van der Waals surface area contributed by atoms with E-state index in [2.05, 4.69) is 44.8 Å². The predicted octanol–water partition coefficient (Wildman–Crippen LogP) is 3.56. The number of hydrogen-bond donors (Lipinski definition) is 1. The average Bonchev–Trinajstić information content (AvgIpc) is 2.46. The van der Waals surface area contributed by atoms with Gasteiger partial charge in [0, 0.05) is 13.7 Å². The molecular formula is C15H18IN3O. The molecule has 0 amide bonds. The molecule has 0 saturated carbocycles. The Kier molecular flexibility index (Phi) is 5.31. The SMILES string of the molecule is CCNc1nc(C(OC)c2ccccc2)nc(C)c1I. The van der Waals surface area contributed by atoms with Crippen molar-refractivity contribution < 1.29 is 4.74 Å². The van der Waals surface area contributed by atoms with Crippen molar-refractivity contribution in [3.05, 3.63) is 51.0 Å². The lowest BCUT2D eigenvalue weighted by Crippen LogP contribution is -2.13. The van der Waals surface area contributed by atoms with Crippen molar-refractivity contribution in [1.82, 2.24) is 9.97 Å². The highest BCUT2D eigenvalue weighted by Crippen LogP contribution is 2.26. The minimum absolute atomic E-state index is 0.246. The second kappa shape index (κ2) is 6.99. The maximum Gasteiger partial charge on any atom is 0.164 e. The summed E-state index contributed by atoms with van der Waals surface area (Å²) in [6.45, 7) is 4.87. The van der Waals surface area contributed by atoms with E-state index in [9.17, 15) is 0 Å². The topological polar surface area (TPSA) is 47.0 Å². The maximum atomic E-state index is 5.60. The van der Waals surface area contributed by atoms with Crippen LogP contribution in [0.2, 0.25) is 0 Å². The van der Waals surface area contributed by atoms with Crippen LogP contribution in [0.25, 0.3) is 0 Å². The van der Waals surface area contributed by atoms with Gasteiger partial charge in [0.05, 0.1) is 9.26 Å². The first-order valence-electron chi connectivity index (χ1n) is 6.53. The van der Waals surface area contributed by atoms with Crippen molar-refractivity contribution in [2.75, 3.05) is 19.0 Å². The van der Waals surface area contributed by atoms with Gasteiger partial charge in [-0.25, -0.2) is 9.97 Å². The number of halogens is 1. The van der Waals surface area contributed by atoms with E-state index in [0.717, 1.165) is 27.2 Å². The molecule has 1 aromatic heterocycles. The van der Waals surface area contributed by atoms with Gasteiger partial charge in [0.15, 0.2) is 5.82 Å². The summed E-state index contributed by atoms with van der Waals surface area (Å²) in [6, 6.07) is 10.0. The fraction of sp³-hybridized carbons (Fsp3) is 0.333. The van der Waals surface area contributed by atoms with Gasteiger partial charge in [0.1, 0.15) is 11.9 Å². The van der Waals surface area contributed by atoms with Crippen LogP contribution < -0.4 is 5.32 Å². The van der Waals surface area contributed by atoms with Crippen LogP contribution in [-0.2, 0) is 4.74 Å². The van der Waals surface area contributed by atoms with Gasteiger partial charge >= 0.3 is 0 Å². The van der Waals surface area contributed by atoms with E-state index >= 15 is 0 Å². The van der Waals surface area contributed by atoms with E-state index in [1.165, 1.54) is 0 Å². The number of benzene rings is 1. The van der Waals surface area contributed by atoms with Gasteiger partial charge in [0.2, 0.25) is 0 Å². The lowest BCUT2D eigenvalue weighted by molar-refractivity contribution is 0.129. The molecule has 106 valence electrons. The molecule has 0 aliphatic rings. The van der Waals surface area contributed by atoms with Gasteiger partial charge in [-0.1, -0.05) is 30.3 Å². The maximum absolute atomic E-state index is 5.60. The molecule has 1 N–H and O–H groups in total. The first-order valence-corrected chi connectivity index (χ1v) is 7.60. The van der Waals surface area contributed by atoms with E-state index in [4.69, 9.17) is 4.74 Å². The highest BCUT2D eigenvalue weighted by molar-refractivity contribution is 14.1. The van der Waals surface area contributed by atoms with Crippen LogP contribution in [0.5, 0.6) is 0 Å². The third-order valence-corrected chi connectivity index (χ3v) is 4.24. The Bertz CT molecular complexity index is 575. The molecule has 0 aliphatic heterocycles. The van der Waals surface area contributed by atoms with Crippen LogP contribution in [0.3, 0.4) is 0 Å². The number of nitrogens with zero attached hydrogens (tertiary/aromatic N) is 2. The highest BCUT2D eigenvalue weighted by Gasteiger charge is 2.19. The molecule has 1 unspecified atom stereocenters. The molecular weight excluding hydrogens is 365 g/mol. The van der Waals surface area contributed by atoms with Gasteiger partial charge in [-0.3, -0.25) is 0 Å². The third-order valence-electron chi connectivity index (χ3n) is 2.95. The molecule has 20 heavy (non-hydrogen) atoms. The Labute approximate surface area is 133 Å². The van der Waals surface area contributed by atoms with Gasteiger partial charge in [-0.05, 0) is 42.0 Å². The standard InChI is InChI=1S/C15H18IN3O/c1-4-17-14-12(16)10(2)18-15(19-14)13(20-3)11-8-6-5-7-9-11/h5-9,13H,4H2,1-3H3,(H,17,18,19). The first kappa shape index (κ1) is 15.2. The summed E-state index contributed by atoms with van der Waals surface area (Å²) in [4.78, 5) is 9.20. The molecule has 0 spiro atoms. The summed E-state index contributed by atoms with van der Waals surface area (Å²) < 4.78 is 6.65. The third kappa shape index (κ3) is 3.27. The van der Waals surface area contributed by atoms with Crippen molar-refractivity contribution in [2.24, 2.45) is 0 Å². The Morgan fingerprint density at radius 1 is 1.25 bits per heavy atom. The molecule has 0 radical (unpaired) electrons. The Morgan fingerprint density at radius 3 is 2.55 bits per heavy atom. The van der Waals surface area contributed by atoms with Crippen LogP contribution in [0, 0.1) is 10.5 Å². The van der Waals surface area contributed by atoms with E-state index < -0.39 is 0 Å². The lowest BCUT2D eigenvalue weighted by atomic mass is 10.1. The Balaban J connectivity index is 2.45. The molecule has 2 rings (SSSR count). The smallest absolute Gasteiger partial charge is 0.164 e. The zero-order chi connectivity index (χ0) is 14.5. The average molecular weight is 383 g/mol. The monoisotopic (exact) mass is 383 g/mol. The van der Waals surface area contributed by atoms with Gasteiger partial charge in [0.25, 0.3) is 0 Å². The number of aromatic nitrogens is 2. The minimum atomic E-state index is -0.246. The number of anilines is 1. The molecule has 0 bridgehead atoms. The van der Waals surface area contributed by atoms with Crippen molar-refractivity contribution in [1.29, 1.82) is 0 Å². The predicted molar refractivity (Wildman–Crippen MR) is 88.9 cm³/mol. The quantitative estimate of drug-likeness (QED) is 0.803. The second-order valence-corrected chi connectivity index (χ2v) is 5.47. The van der Waals surface area contributed by atoms with E-state index in [1.807, 2.05) is 37.3 Å². The van der Waals surface area contributed by atoms with Gasteiger partial charge < -0.3 is 10.1 Å². The summed E-state index contributed by atoms with van der Waals surface area (Å²) in [5.41, 5.74) is 2.02. The second-order valence-electron chi connectivity index (χ2n) is 4.39. The van der Waals surface area contributed by atoms with Crippen molar-refractivity contribution in [3.63, 3.8) is 0 Å². The summed E-state index contributed by atoms with van der Waals surface area (Å²) >= 11 is 2.27. The Hall–Kier alpha value is -1.21. The largest absolute Gasteiger partial charge is 0.369 e. The zero-order valence-electron chi connectivity index (χ0n) is 11.9. The molecule has 1 aromatic carbocycles. The first-order chi connectivity index (χ1) is 9.67. The molecule has 0 saturated heterocycles.